The monoisotopic (exact) mass is 397 g/mol. The summed E-state index contributed by atoms with van der Waals surface area (Å²) in [5, 5.41) is 3.72. The molecular formula is C17H14F3N3O3S. The molecule has 3 rings (SSSR count). The van der Waals surface area contributed by atoms with Gasteiger partial charge in [0.25, 0.3) is 0 Å². The highest BCUT2D eigenvalue weighted by Crippen LogP contribution is 2.33. The zero-order chi connectivity index (χ0) is 20.0. The molecule has 1 aromatic heterocycles. The maximum Gasteiger partial charge on any atom is 0.435 e. The minimum atomic E-state index is -4.53. The lowest BCUT2D eigenvalue weighted by Gasteiger charge is -2.08. The molecule has 2 aromatic carbocycles. The van der Waals surface area contributed by atoms with E-state index in [-0.39, 0.29) is 0 Å². The Kier molecular flexibility index (Phi) is 6.35. The maximum absolute atomic E-state index is 13.1. The molecule has 0 unspecified atom stereocenters. The second kappa shape index (κ2) is 8.49. The molecule has 3 aromatic rings. The Morgan fingerprint density at radius 2 is 1.59 bits per heavy atom. The van der Waals surface area contributed by atoms with Crippen molar-refractivity contribution < 1.29 is 26.3 Å². The minimum absolute atomic E-state index is 0.328. The number of hydrogen-bond donors (Lipinski definition) is 1. The molecule has 6 nitrogen and oxygen atoms in total. The lowest BCUT2D eigenvalue weighted by atomic mass is 10.1. The highest BCUT2D eigenvalue weighted by Gasteiger charge is 2.35. The summed E-state index contributed by atoms with van der Waals surface area (Å²) in [5.41, 5.74) is 6.62. The molecule has 1 heterocycles. The van der Waals surface area contributed by atoms with Gasteiger partial charge in [-0.3, -0.25) is 0 Å². The van der Waals surface area contributed by atoms with Crippen LogP contribution in [0.4, 0.5) is 18.9 Å². The van der Waals surface area contributed by atoms with Crippen LogP contribution >= 0.6 is 0 Å². The van der Waals surface area contributed by atoms with Crippen LogP contribution in [0.1, 0.15) is 5.69 Å². The Labute approximate surface area is 156 Å². The Morgan fingerprint density at radius 3 is 2.07 bits per heavy atom. The van der Waals surface area contributed by atoms with E-state index in [0.717, 1.165) is 6.07 Å². The smallest absolute Gasteiger partial charge is 0.435 e. The van der Waals surface area contributed by atoms with E-state index in [2.05, 4.69) is 5.10 Å². The van der Waals surface area contributed by atoms with Crippen LogP contribution in [-0.4, -0.2) is 25.3 Å². The van der Waals surface area contributed by atoms with Crippen molar-refractivity contribution in [1.82, 2.24) is 9.78 Å². The van der Waals surface area contributed by atoms with E-state index < -0.39 is 23.4 Å². The van der Waals surface area contributed by atoms with Crippen LogP contribution in [0.25, 0.3) is 16.9 Å². The number of nitrogens with two attached hydrogens (primary N) is 1. The van der Waals surface area contributed by atoms with Crippen LogP contribution < -0.4 is 10.5 Å². The number of hydrogen-bond acceptors (Lipinski definition) is 5. The molecule has 0 aliphatic carbocycles. The number of benzene rings is 2. The van der Waals surface area contributed by atoms with Crippen molar-refractivity contribution in [2.45, 2.75) is 6.18 Å². The number of methoxy groups -OCH3 is 1. The number of ether oxygens (including phenoxy) is 1. The van der Waals surface area contributed by atoms with Crippen LogP contribution in [-0.2, 0) is 17.7 Å². The van der Waals surface area contributed by atoms with Gasteiger partial charge < -0.3 is 10.5 Å². The number of alkyl halides is 3. The van der Waals surface area contributed by atoms with Gasteiger partial charge >= 0.3 is 17.7 Å². The molecule has 0 spiro atoms. The van der Waals surface area contributed by atoms with Gasteiger partial charge in [-0.15, -0.1) is 0 Å². The highest BCUT2D eigenvalue weighted by molar-refractivity contribution is 7.51. The standard InChI is InChI=1S/C17H14F3N3O.O2S/c1-24-14-8-2-11(3-9-14)15-10-16(17(18,19)20)22-23(15)13-6-4-12(21)5-7-13;1-3-2/h2-10H,21H2,1H3;. The van der Waals surface area contributed by atoms with Crippen LogP contribution in [0.5, 0.6) is 5.75 Å². The summed E-state index contributed by atoms with van der Waals surface area (Å²) in [5.74, 6) is 0.619. The van der Waals surface area contributed by atoms with E-state index in [4.69, 9.17) is 18.9 Å². The van der Waals surface area contributed by atoms with Crippen LogP contribution in [0.3, 0.4) is 0 Å². The third kappa shape index (κ3) is 4.94. The van der Waals surface area contributed by atoms with E-state index >= 15 is 0 Å². The molecule has 0 radical (unpaired) electrons. The number of nitrogens with zero attached hydrogens (tertiary/aromatic N) is 2. The average molecular weight is 397 g/mol. The summed E-state index contributed by atoms with van der Waals surface area (Å²) in [6.07, 6.45) is -4.53. The van der Waals surface area contributed by atoms with E-state index in [0.29, 0.717) is 28.4 Å². The van der Waals surface area contributed by atoms with Gasteiger partial charge in [0, 0.05) is 11.3 Å². The SMILES string of the molecule is COc1ccc(-c2cc(C(F)(F)F)nn2-c2ccc(N)cc2)cc1.O=S=O. The lowest BCUT2D eigenvalue weighted by Crippen LogP contribution is -2.07. The van der Waals surface area contributed by atoms with E-state index in [1.807, 2.05) is 0 Å². The zero-order valence-corrected chi connectivity index (χ0v) is 14.8. The second-order valence-corrected chi connectivity index (χ2v) is 5.35. The Hall–Kier alpha value is -3.14. The number of halogens is 3. The number of aromatic nitrogens is 2. The van der Waals surface area contributed by atoms with Gasteiger partial charge in [0.1, 0.15) is 5.75 Å². The van der Waals surface area contributed by atoms with Crippen molar-refractivity contribution in [3.63, 3.8) is 0 Å². The summed E-state index contributed by atoms with van der Waals surface area (Å²) >= 11 is -0.750. The Balaban J connectivity index is 0.000000817. The lowest BCUT2D eigenvalue weighted by molar-refractivity contribution is -0.141. The summed E-state index contributed by atoms with van der Waals surface area (Å²) in [6, 6.07) is 14.2. The molecule has 2 N–H and O–H groups in total. The summed E-state index contributed by atoms with van der Waals surface area (Å²) in [7, 11) is 1.52. The predicted molar refractivity (Wildman–Crippen MR) is 93.9 cm³/mol. The first-order valence-electron chi connectivity index (χ1n) is 7.39. The van der Waals surface area contributed by atoms with Gasteiger partial charge in [-0.2, -0.15) is 26.7 Å². The topological polar surface area (TPSA) is 87.2 Å². The summed E-state index contributed by atoms with van der Waals surface area (Å²) < 4.78 is 62.2. The summed E-state index contributed by atoms with van der Waals surface area (Å²) in [6.45, 7) is 0. The van der Waals surface area contributed by atoms with Gasteiger partial charge in [-0.25, -0.2) is 4.68 Å². The van der Waals surface area contributed by atoms with E-state index in [1.165, 1.54) is 11.8 Å². The maximum atomic E-state index is 13.1. The van der Waals surface area contributed by atoms with Gasteiger partial charge in [0.2, 0.25) is 0 Å². The largest absolute Gasteiger partial charge is 0.497 e. The second-order valence-electron chi connectivity index (χ2n) is 5.21. The first kappa shape index (κ1) is 20.2. The molecule has 0 saturated carbocycles. The van der Waals surface area contributed by atoms with Gasteiger partial charge in [-0.05, 0) is 54.6 Å². The van der Waals surface area contributed by atoms with Crippen molar-refractivity contribution >= 4 is 17.3 Å². The molecule has 0 saturated heterocycles. The van der Waals surface area contributed by atoms with Crippen molar-refractivity contribution in [1.29, 1.82) is 0 Å². The van der Waals surface area contributed by atoms with Crippen molar-refractivity contribution in [3.8, 4) is 22.7 Å². The normalized spacial score (nSPS) is 10.7. The molecule has 27 heavy (non-hydrogen) atoms. The fourth-order valence-corrected chi connectivity index (χ4v) is 2.30. The molecule has 10 heteroatoms. The van der Waals surface area contributed by atoms with Gasteiger partial charge in [-0.1, -0.05) is 0 Å². The Bertz CT molecular complexity index is 933. The molecular weight excluding hydrogens is 383 g/mol. The molecule has 0 amide bonds. The third-order valence-corrected chi connectivity index (χ3v) is 3.52. The van der Waals surface area contributed by atoms with E-state index in [9.17, 15) is 13.2 Å². The fourth-order valence-electron chi connectivity index (χ4n) is 2.30. The Morgan fingerprint density at radius 1 is 1.04 bits per heavy atom. The number of rotatable bonds is 3. The molecule has 0 aliphatic heterocycles. The van der Waals surface area contributed by atoms with Crippen molar-refractivity contribution in [2.75, 3.05) is 12.8 Å². The summed E-state index contributed by atoms with van der Waals surface area (Å²) in [4.78, 5) is 0. The van der Waals surface area contributed by atoms with Gasteiger partial charge in [0.05, 0.1) is 18.5 Å². The molecule has 0 bridgehead atoms. The quantitative estimate of drug-likeness (QED) is 0.684. The molecule has 0 fully saturated rings. The average Bonchev–Trinajstić information content (AvgIpc) is 3.09. The van der Waals surface area contributed by atoms with Crippen LogP contribution in [0.15, 0.2) is 54.6 Å². The van der Waals surface area contributed by atoms with Crippen molar-refractivity contribution in [2.24, 2.45) is 0 Å². The van der Waals surface area contributed by atoms with Crippen LogP contribution in [0.2, 0.25) is 0 Å². The minimum Gasteiger partial charge on any atom is -0.497 e. The highest BCUT2D eigenvalue weighted by atomic mass is 32.1. The van der Waals surface area contributed by atoms with Gasteiger partial charge in [0.15, 0.2) is 5.69 Å². The van der Waals surface area contributed by atoms with Crippen molar-refractivity contribution in [3.05, 3.63) is 60.3 Å². The molecule has 142 valence electrons. The van der Waals surface area contributed by atoms with E-state index in [1.54, 1.807) is 48.5 Å². The fraction of sp³-hybridized carbons (Fsp3) is 0.118. The molecule has 0 aliphatic rings. The number of nitrogen functional groups attached to an aromatic ring is 1. The van der Waals surface area contributed by atoms with Crippen LogP contribution in [0, 0.1) is 0 Å². The predicted octanol–water partition coefficient (Wildman–Crippen LogP) is 3.48. The third-order valence-electron chi connectivity index (χ3n) is 3.52. The molecule has 0 atom stereocenters. The number of anilines is 1. The first-order chi connectivity index (χ1) is 12.8. The zero-order valence-electron chi connectivity index (χ0n) is 13.9. The first-order valence-corrected chi connectivity index (χ1v) is 8.06.